The average Bonchev–Trinajstić information content (AvgIpc) is 2.89. The van der Waals surface area contributed by atoms with Gasteiger partial charge >= 0.3 is 12.6 Å². The first-order chi connectivity index (χ1) is 17.6. The van der Waals surface area contributed by atoms with E-state index >= 15 is 0 Å². The SMILES string of the molecule is Cc1cn([C@H]2CN(Cc3ccccc3)C[C@@H](COP(=O)(Cl)N(C)[C@H](C)c3ccccc3)O2)c(=O)[nH]c1=O. The molecule has 1 fully saturated rings. The fourth-order valence-corrected chi connectivity index (χ4v) is 5.97. The predicted molar refractivity (Wildman–Crippen MR) is 144 cm³/mol. The number of hydrogen-bond acceptors (Lipinski definition) is 6. The van der Waals surface area contributed by atoms with Crippen LogP contribution < -0.4 is 11.2 Å². The zero-order valence-corrected chi connectivity index (χ0v) is 22.8. The minimum Gasteiger partial charge on any atom is -0.350 e. The first kappa shape index (κ1) is 27.5. The molecule has 0 amide bonds. The Morgan fingerprint density at radius 3 is 2.46 bits per heavy atom. The van der Waals surface area contributed by atoms with Crippen molar-refractivity contribution in [2.24, 2.45) is 0 Å². The maximum Gasteiger partial charge on any atom is 0.363 e. The Balaban J connectivity index is 1.51. The number of benzene rings is 2. The van der Waals surface area contributed by atoms with Crippen LogP contribution in [0.1, 0.15) is 35.9 Å². The molecule has 9 nitrogen and oxygen atoms in total. The fourth-order valence-electron chi connectivity index (χ4n) is 4.33. The van der Waals surface area contributed by atoms with Crippen molar-refractivity contribution in [3.63, 3.8) is 0 Å². The lowest BCUT2D eigenvalue weighted by Crippen LogP contribution is -2.49. The van der Waals surface area contributed by atoms with Crippen LogP contribution in [0.15, 0.2) is 76.4 Å². The molecule has 1 aliphatic rings. The van der Waals surface area contributed by atoms with E-state index in [0.717, 1.165) is 11.1 Å². The van der Waals surface area contributed by atoms with Crippen LogP contribution in [0.4, 0.5) is 0 Å². The summed E-state index contributed by atoms with van der Waals surface area (Å²) in [5.41, 5.74) is 1.48. The molecule has 1 saturated heterocycles. The molecule has 0 aliphatic carbocycles. The number of aryl methyl sites for hydroxylation is 1. The van der Waals surface area contributed by atoms with Crippen LogP contribution in [0, 0.1) is 6.92 Å². The lowest BCUT2D eigenvalue weighted by Gasteiger charge is -2.39. The largest absolute Gasteiger partial charge is 0.363 e. The van der Waals surface area contributed by atoms with Gasteiger partial charge in [0.25, 0.3) is 5.56 Å². The Bertz CT molecular complexity index is 1350. The van der Waals surface area contributed by atoms with Crippen molar-refractivity contribution >= 4 is 18.1 Å². The van der Waals surface area contributed by atoms with E-state index in [2.05, 4.69) is 9.88 Å². The van der Waals surface area contributed by atoms with Crippen molar-refractivity contribution in [3.8, 4) is 0 Å². The van der Waals surface area contributed by atoms with E-state index in [-0.39, 0.29) is 12.6 Å². The molecule has 4 rings (SSSR count). The number of H-pyrrole nitrogens is 1. The summed E-state index contributed by atoms with van der Waals surface area (Å²) in [5, 5.41) is 0. The molecule has 0 saturated carbocycles. The topological polar surface area (TPSA) is 96.9 Å². The van der Waals surface area contributed by atoms with Crippen LogP contribution in [0.5, 0.6) is 0 Å². The van der Waals surface area contributed by atoms with E-state index < -0.39 is 30.5 Å². The summed E-state index contributed by atoms with van der Waals surface area (Å²) >= 11 is 6.43. The van der Waals surface area contributed by atoms with E-state index in [4.69, 9.17) is 20.5 Å². The molecule has 2 aromatic carbocycles. The molecule has 198 valence electrons. The molecule has 1 N–H and O–H groups in total. The quantitative estimate of drug-likeness (QED) is 0.400. The number of hydrogen-bond donors (Lipinski definition) is 1. The molecule has 0 spiro atoms. The van der Waals surface area contributed by atoms with Crippen LogP contribution in [0.25, 0.3) is 0 Å². The summed E-state index contributed by atoms with van der Waals surface area (Å²) in [6, 6.07) is 19.3. The molecule has 37 heavy (non-hydrogen) atoms. The molecule has 0 radical (unpaired) electrons. The van der Waals surface area contributed by atoms with Gasteiger partial charge in [-0.3, -0.25) is 23.8 Å². The normalized spacial score (nSPS) is 21.0. The number of rotatable bonds is 9. The molecule has 1 aromatic heterocycles. The average molecular weight is 547 g/mol. The number of nitrogens with zero attached hydrogens (tertiary/aromatic N) is 3. The van der Waals surface area contributed by atoms with E-state index in [1.165, 1.54) is 15.4 Å². The number of nitrogens with one attached hydrogen (secondary N) is 1. The maximum atomic E-state index is 13.3. The predicted octanol–water partition coefficient (Wildman–Crippen LogP) is 4.30. The van der Waals surface area contributed by atoms with Gasteiger partial charge in [-0.25, -0.2) is 9.46 Å². The highest BCUT2D eigenvalue weighted by Crippen LogP contribution is 2.58. The number of halogens is 1. The first-order valence-corrected chi connectivity index (χ1v) is 14.6. The minimum absolute atomic E-state index is 0.0362. The summed E-state index contributed by atoms with van der Waals surface area (Å²) in [7, 11) is 1.67. The van der Waals surface area contributed by atoms with Crippen LogP contribution in [0.3, 0.4) is 0 Å². The number of aromatic amines is 1. The third-order valence-electron chi connectivity index (χ3n) is 6.57. The zero-order valence-electron chi connectivity index (χ0n) is 21.1. The molecule has 11 heteroatoms. The van der Waals surface area contributed by atoms with Gasteiger partial charge < -0.3 is 9.26 Å². The molecular weight excluding hydrogens is 515 g/mol. The third-order valence-corrected chi connectivity index (χ3v) is 9.15. The van der Waals surface area contributed by atoms with Crippen LogP contribution in [-0.4, -0.2) is 52.0 Å². The molecule has 1 unspecified atom stereocenters. The number of morpholine rings is 1. The highest BCUT2D eigenvalue weighted by Gasteiger charge is 2.35. The second-order valence-electron chi connectivity index (χ2n) is 9.28. The summed E-state index contributed by atoms with van der Waals surface area (Å²) in [5.74, 6) is 0. The monoisotopic (exact) mass is 546 g/mol. The van der Waals surface area contributed by atoms with Gasteiger partial charge in [0.2, 0.25) is 0 Å². The molecule has 1 aliphatic heterocycles. The molecule has 4 atom stereocenters. The summed E-state index contributed by atoms with van der Waals surface area (Å²) in [6.45, 7) is 1.35. The fraction of sp³-hybridized carbons (Fsp3) is 0.385. The van der Waals surface area contributed by atoms with Gasteiger partial charge in [0, 0.05) is 37.4 Å². The van der Waals surface area contributed by atoms with Gasteiger partial charge in [0.05, 0.1) is 12.7 Å². The summed E-state index contributed by atoms with van der Waals surface area (Å²) in [6.07, 6.45) is 0.302. The zero-order chi connectivity index (χ0) is 26.6. The lowest BCUT2D eigenvalue weighted by atomic mass is 10.1. The maximum absolute atomic E-state index is 13.3. The molecule has 3 aromatic rings. The Hall–Kier alpha value is -2.52. The van der Waals surface area contributed by atoms with Crippen LogP contribution in [0.2, 0.25) is 0 Å². The summed E-state index contributed by atoms with van der Waals surface area (Å²) < 4.78 is 28.2. The van der Waals surface area contributed by atoms with Crippen molar-refractivity contribution in [2.75, 3.05) is 26.7 Å². The van der Waals surface area contributed by atoms with E-state index in [1.54, 1.807) is 14.0 Å². The van der Waals surface area contributed by atoms with Crippen molar-refractivity contribution in [1.82, 2.24) is 19.1 Å². The van der Waals surface area contributed by atoms with Gasteiger partial charge in [0.1, 0.15) is 0 Å². The number of aromatic nitrogens is 2. The van der Waals surface area contributed by atoms with Crippen molar-refractivity contribution in [3.05, 3.63) is 104 Å². The Morgan fingerprint density at radius 2 is 1.78 bits per heavy atom. The van der Waals surface area contributed by atoms with E-state index in [1.807, 2.05) is 67.6 Å². The van der Waals surface area contributed by atoms with Gasteiger partial charge in [-0.1, -0.05) is 60.7 Å². The van der Waals surface area contributed by atoms with E-state index in [9.17, 15) is 14.2 Å². The smallest absolute Gasteiger partial charge is 0.350 e. The van der Waals surface area contributed by atoms with E-state index in [0.29, 0.717) is 25.2 Å². The van der Waals surface area contributed by atoms with Crippen molar-refractivity contribution in [2.45, 2.75) is 38.8 Å². The molecule has 2 heterocycles. The van der Waals surface area contributed by atoms with Crippen LogP contribution in [-0.2, 0) is 20.4 Å². The second-order valence-corrected chi connectivity index (χ2v) is 12.4. The molecule has 0 bridgehead atoms. The van der Waals surface area contributed by atoms with Crippen molar-refractivity contribution in [1.29, 1.82) is 0 Å². The second kappa shape index (κ2) is 11.9. The van der Waals surface area contributed by atoms with Gasteiger partial charge in [-0.15, -0.1) is 0 Å². The van der Waals surface area contributed by atoms with Gasteiger partial charge in [-0.05, 0) is 43.3 Å². The Labute approximate surface area is 220 Å². The van der Waals surface area contributed by atoms with Gasteiger partial charge in [0.15, 0.2) is 6.23 Å². The first-order valence-electron chi connectivity index (χ1n) is 12.1. The van der Waals surface area contributed by atoms with Crippen molar-refractivity contribution < 1.29 is 13.8 Å². The van der Waals surface area contributed by atoms with Crippen LogP contribution >= 0.6 is 18.1 Å². The highest BCUT2D eigenvalue weighted by atomic mass is 35.7. The highest BCUT2D eigenvalue weighted by molar-refractivity contribution is 7.83. The van der Waals surface area contributed by atoms with Gasteiger partial charge in [-0.2, -0.15) is 0 Å². The molecular formula is C26H32ClN4O5P. The Kier molecular flexibility index (Phi) is 8.85. The number of ether oxygens (including phenoxy) is 1. The lowest BCUT2D eigenvalue weighted by molar-refractivity contribution is -0.135. The summed E-state index contributed by atoms with van der Waals surface area (Å²) in [4.78, 5) is 28.9. The Morgan fingerprint density at radius 1 is 1.14 bits per heavy atom. The standard InChI is InChI=1S/C26H32ClN4O5P/c1-19-14-31(26(33)28-25(19)32)24-17-30(15-21-10-6-4-7-11-21)16-23(36-24)18-35-37(27,34)29(3)20(2)22-12-8-5-9-13-22/h4-14,20,23-24H,15-18H2,1-3H3,(H,28,32,33)/t20-,23+,24-,37?/m1/s1. The third kappa shape index (κ3) is 6.87. The minimum atomic E-state index is -3.68.